The third-order valence-corrected chi connectivity index (χ3v) is 5.60. The van der Waals surface area contributed by atoms with Crippen molar-refractivity contribution in [2.45, 2.75) is 65.5 Å². The topological polar surface area (TPSA) is 69.6 Å². The minimum atomic E-state index is -1.00. The Bertz CT molecular complexity index is 642. The van der Waals surface area contributed by atoms with Crippen LogP contribution in [0.5, 0.6) is 0 Å². The van der Waals surface area contributed by atoms with E-state index in [2.05, 4.69) is 18.3 Å². The summed E-state index contributed by atoms with van der Waals surface area (Å²) < 4.78 is 0. The molecule has 26 heavy (non-hydrogen) atoms. The molecule has 2 unspecified atom stereocenters. The SMILES string of the molecule is CCc1ccccc1CC(=O)NC1CCN(C(=O)C(O)C(C)(C)CC)C1. The second-order valence-electron chi connectivity index (χ2n) is 7.88. The van der Waals surface area contributed by atoms with E-state index in [1.807, 2.05) is 39.0 Å². The predicted molar refractivity (Wildman–Crippen MR) is 103 cm³/mol. The molecule has 2 atom stereocenters. The lowest BCUT2D eigenvalue weighted by molar-refractivity contribution is -0.145. The molecule has 5 heteroatoms. The van der Waals surface area contributed by atoms with Gasteiger partial charge in [0.05, 0.1) is 6.42 Å². The minimum Gasteiger partial charge on any atom is -0.383 e. The summed E-state index contributed by atoms with van der Waals surface area (Å²) in [6.45, 7) is 8.90. The highest BCUT2D eigenvalue weighted by Crippen LogP contribution is 2.27. The highest BCUT2D eigenvalue weighted by Gasteiger charge is 2.37. The quantitative estimate of drug-likeness (QED) is 0.784. The monoisotopic (exact) mass is 360 g/mol. The fourth-order valence-electron chi connectivity index (χ4n) is 3.31. The molecule has 1 fully saturated rings. The van der Waals surface area contributed by atoms with Crippen molar-refractivity contribution >= 4 is 11.8 Å². The van der Waals surface area contributed by atoms with Crippen LogP contribution in [0.15, 0.2) is 24.3 Å². The van der Waals surface area contributed by atoms with E-state index in [4.69, 9.17) is 0 Å². The highest BCUT2D eigenvalue weighted by atomic mass is 16.3. The molecule has 2 amide bonds. The Kier molecular flexibility index (Phi) is 6.81. The van der Waals surface area contributed by atoms with E-state index in [9.17, 15) is 14.7 Å². The van der Waals surface area contributed by atoms with E-state index in [0.29, 0.717) is 19.5 Å². The van der Waals surface area contributed by atoms with Crippen molar-refractivity contribution in [3.05, 3.63) is 35.4 Å². The number of carbonyl (C=O) groups is 2. The van der Waals surface area contributed by atoms with Crippen molar-refractivity contribution in [3.8, 4) is 0 Å². The molecule has 2 rings (SSSR count). The van der Waals surface area contributed by atoms with Gasteiger partial charge >= 0.3 is 0 Å². The highest BCUT2D eigenvalue weighted by molar-refractivity contribution is 5.82. The molecular weight excluding hydrogens is 328 g/mol. The van der Waals surface area contributed by atoms with E-state index < -0.39 is 11.5 Å². The zero-order valence-corrected chi connectivity index (χ0v) is 16.4. The molecule has 1 aromatic carbocycles. The fraction of sp³-hybridized carbons (Fsp3) is 0.619. The van der Waals surface area contributed by atoms with Crippen LogP contribution in [0, 0.1) is 5.41 Å². The molecule has 0 spiro atoms. The van der Waals surface area contributed by atoms with Gasteiger partial charge in [-0.3, -0.25) is 9.59 Å². The maximum Gasteiger partial charge on any atom is 0.252 e. The molecule has 0 bridgehead atoms. The fourth-order valence-corrected chi connectivity index (χ4v) is 3.31. The van der Waals surface area contributed by atoms with Gasteiger partial charge in [0.15, 0.2) is 0 Å². The summed E-state index contributed by atoms with van der Waals surface area (Å²) >= 11 is 0. The molecule has 144 valence electrons. The zero-order chi connectivity index (χ0) is 19.3. The van der Waals surface area contributed by atoms with Gasteiger partial charge in [-0.1, -0.05) is 52.0 Å². The maximum absolute atomic E-state index is 12.5. The molecule has 2 N–H and O–H groups in total. The number of carbonyl (C=O) groups excluding carboxylic acids is 2. The first kappa shape index (κ1) is 20.4. The smallest absolute Gasteiger partial charge is 0.252 e. The van der Waals surface area contributed by atoms with Gasteiger partial charge in [-0.05, 0) is 35.8 Å². The number of aryl methyl sites for hydroxylation is 1. The van der Waals surface area contributed by atoms with Crippen molar-refractivity contribution < 1.29 is 14.7 Å². The Morgan fingerprint density at radius 1 is 1.27 bits per heavy atom. The summed E-state index contributed by atoms with van der Waals surface area (Å²) in [5.41, 5.74) is 1.80. The third-order valence-electron chi connectivity index (χ3n) is 5.60. The van der Waals surface area contributed by atoms with Crippen LogP contribution in [0.2, 0.25) is 0 Å². The largest absolute Gasteiger partial charge is 0.383 e. The third kappa shape index (κ3) is 4.85. The van der Waals surface area contributed by atoms with Crippen LogP contribution in [-0.2, 0) is 22.4 Å². The van der Waals surface area contributed by atoms with Gasteiger partial charge < -0.3 is 15.3 Å². The van der Waals surface area contributed by atoms with Crippen LogP contribution in [0.1, 0.15) is 51.7 Å². The summed E-state index contributed by atoms with van der Waals surface area (Å²) in [6, 6.07) is 7.94. The van der Waals surface area contributed by atoms with Crippen LogP contribution in [0.25, 0.3) is 0 Å². The van der Waals surface area contributed by atoms with E-state index in [1.165, 1.54) is 5.56 Å². The van der Waals surface area contributed by atoms with Gasteiger partial charge in [-0.25, -0.2) is 0 Å². The second-order valence-corrected chi connectivity index (χ2v) is 7.88. The number of rotatable bonds is 7. The number of benzene rings is 1. The lowest BCUT2D eigenvalue weighted by Gasteiger charge is -2.31. The predicted octanol–water partition coefficient (Wildman–Crippen LogP) is 2.31. The molecule has 1 heterocycles. The summed E-state index contributed by atoms with van der Waals surface area (Å²) in [5, 5.41) is 13.4. The van der Waals surface area contributed by atoms with Crippen LogP contribution in [0.3, 0.4) is 0 Å². The van der Waals surface area contributed by atoms with Crippen molar-refractivity contribution in [3.63, 3.8) is 0 Å². The summed E-state index contributed by atoms with van der Waals surface area (Å²) in [5.74, 6) is -0.246. The molecule has 0 aliphatic carbocycles. The summed E-state index contributed by atoms with van der Waals surface area (Å²) in [7, 11) is 0. The Hall–Kier alpha value is -1.88. The van der Waals surface area contributed by atoms with Gasteiger partial charge in [0.25, 0.3) is 5.91 Å². The normalized spacial score (nSPS) is 18.7. The number of aliphatic hydroxyl groups excluding tert-OH is 1. The molecule has 1 aliphatic heterocycles. The number of amides is 2. The lowest BCUT2D eigenvalue weighted by atomic mass is 9.83. The zero-order valence-electron chi connectivity index (χ0n) is 16.4. The van der Waals surface area contributed by atoms with Crippen LogP contribution in [-0.4, -0.2) is 47.1 Å². The van der Waals surface area contributed by atoms with E-state index >= 15 is 0 Å². The standard InChI is InChI=1S/C21H32N2O3/c1-5-15-9-7-8-10-16(15)13-18(24)22-17-11-12-23(14-17)20(26)19(25)21(3,4)6-2/h7-10,17,19,25H,5-6,11-14H2,1-4H3,(H,22,24). The number of hydrogen-bond acceptors (Lipinski definition) is 3. The minimum absolute atomic E-state index is 0.0142. The van der Waals surface area contributed by atoms with Crippen LogP contribution in [0.4, 0.5) is 0 Å². The van der Waals surface area contributed by atoms with Crippen molar-refractivity contribution in [2.24, 2.45) is 5.41 Å². The molecule has 0 radical (unpaired) electrons. The maximum atomic E-state index is 12.5. The van der Waals surface area contributed by atoms with Crippen LogP contribution < -0.4 is 5.32 Å². The first-order valence-electron chi connectivity index (χ1n) is 9.61. The number of likely N-dealkylation sites (tertiary alicyclic amines) is 1. The Balaban J connectivity index is 1.89. The lowest BCUT2D eigenvalue weighted by Crippen LogP contribution is -2.46. The van der Waals surface area contributed by atoms with E-state index in [-0.39, 0.29) is 17.9 Å². The van der Waals surface area contributed by atoms with Gasteiger partial charge in [-0.15, -0.1) is 0 Å². The molecule has 1 aromatic rings. The second kappa shape index (κ2) is 8.67. The number of nitrogens with one attached hydrogen (secondary N) is 1. The molecule has 1 aliphatic rings. The molecule has 5 nitrogen and oxygen atoms in total. The van der Waals surface area contributed by atoms with Gasteiger partial charge in [0.1, 0.15) is 6.10 Å². The Labute approximate surface area is 156 Å². The van der Waals surface area contributed by atoms with Gasteiger partial charge in [0, 0.05) is 19.1 Å². The van der Waals surface area contributed by atoms with E-state index in [1.54, 1.807) is 4.90 Å². The number of aliphatic hydroxyl groups is 1. The summed E-state index contributed by atoms with van der Waals surface area (Å²) in [4.78, 5) is 26.6. The van der Waals surface area contributed by atoms with Gasteiger partial charge in [-0.2, -0.15) is 0 Å². The average molecular weight is 360 g/mol. The number of hydrogen-bond donors (Lipinski definition) is 2. The van der Waals surface area contributed by atoms with Crippen LogP contribution >= 0.6 is 0 Å². The first-order chi connectivity index (χ1) is 12.3. The molecular formula is C21H32N2O3. The van der Waals surface area contributed by atoms with Crippen molar-refractivity contribution in [2.75, 3.05) is 13.1 Å². The number of nitrogens with zero attached hydrogens (tertiary/aromatic N) is 1. The molecule has 1 saturated heterocycles. The molecule has 0 saturated carbocycles. The van der Waals surface area contributed by atoms with Crippen molar-refractivity contribution in [1.29, 1.82) is 0 Å². The Morgan fingerprint density at radius 3 is 2.54 bits per heavy atom. The van der Waals surface area contributed by atoms with Gasteiger partial charge in [0.2, 0.25) is 5.91 Å². The first-order valence-corrected chi connectivity index (χ1v) is 9.61. The molecule has 0 aromatic heterocycles. The average Bonchev–Trinajstić information content (AvgIpc) is 3.09. The van der Waals surface area contributed by atoms with E-state index in [0.717, 1.165) is 24.8 Å². The van der Waals surface area contributed by atoms with Crippen molar-refractivity contribution in [1.82, 2.24) is 10.2 Å². The summed E-state index contributed by atoms with van der Waals surface area (Å²) in [6.07, 6.45) is 1.72. The Morgan fingerprint density at radius 2 is 1.92 bits per heavy atom.